The lowest BCUT2D eigenvalue weighted by molar-refractivity contribution is 0.0941. The molecule has 0 aliphatic heterocycles. The molecular weight excluding hydrogens is 506 g/mol. The molecule has 2 aromatic carbocycles. The number of amides is 2. The number of rotatable bonds is 8. The van der Waals surface area contributed by atoms with Gasteiger partial charge in [0, 0.05) is 24.7 Å². The Bertz CT molecular complexity index is 1580. The summed E-state index contributed by atoms with van der Waals surface area (Å²) >= 11 is 6.41. The van der Waals surface area contributed by atoms with E-state index in [2.05, 4.69) is 31.2 Å². The predicted molar refractivity (Wildman–Crippen MR) is 143 cm³/mol. The minimum atomic E-state index is -0.465. The van der Waals surface area contributed by atoms with Crippen molar-refractivity contribution in [2.45, 2.75) is 6.54 Å². The molecule has 0 bridgehead atoms. The van der Waals surface area contributed by atoms with E-state index >= 15 is 0 Å². The molecule has 0 saturated carbocycles. The zero-order valence-corrected chi connectivity index (χ0v) is 20.9. The molecular formula is C27H22ClN7O3. The topological polar surface area (TPSA) is 127 Å². The Morgan fingerprint density at radius 1 is 0.974 bits per heavy atom. The Morgan fingerprint density at radius 3 is 2.58 bits per heavy atom. The Hall–Kier alpha value is -4.96. The van der Waals surface area contributed by atoms with Crippen LogP contribution >= 0.6 is 11.6 Å². The van der Waals surface area contributed by atoms with Crippen LogP contribution in [0.4, 0.5) is 11.6 Å². The Kier molecular flexibility index (Phi) is 7.14. The number of aromatic nitrogens is 4. The first-order valence-electron chi connectivity index (χ1n) is 11.6. The SMILES string of the molecule is CNc1cccc(-c2ccc(Cl)c(C(=O)Nc3cc(C(=O)NCc4ccno4)nn3-c3ccccc3)c2)n1. The van der Waals surface area contributed by atoms with Gasteiger partial charge in [-0.25, -0.2) is 9.67 Å². The number of carbonyl (C=O) groups excluding carboxylic acids is 2. The number of nitrogens with zero attached hydrogens (tertiary/aromatic N) is 4. The highest BCUT2D eigenvalue weighted by Gasteiger charge is 2.20. The van der Waals surface area contributed by atoms with E-state index in [1.54, 1.807) is 31.3 Å². The van der Waals surface area contributed by atoms with Gasteiger partial charge in [-0.1, -0.05) is 47.1 Å². The van der Waals surface area contributed by atoms with Crippen LogP contribution in [0.3, 0.4) is 0 Å². The Morgan fingerprint density at radius 2 is 1.82 bits per heavy atom. The quantitative estimate of drug-likeness (QED) is 0.264. The lowest BCUT2D eigenvalue weighted by Gasteiger charge is -2.11. The van der Waals surface area contributed by atoms with E-state index in [1.165, 1.54) is 16.9 Å². The van der Waals surface area contributed by atoms with Crippen molar-refractivity contribution in [3.63, 3.8) is 0 Å². The van der Waals surface area contributed by atoms with Crippen molar-refractivity contribution < 1.29 is 14.1 Å². The number of nitrogens with one attached hydrogen (secondary N) is 3. The van der Waals surface area contributed by atoms with Crippen LogP contribution in [-0.2, 0) is 6.54 Å². The van der Waals surface area contributed by atoms with Crippen molar-refractivity contribution in [1.82, 2.24) is 25.2 Å². The van der Waals surface area contributed by atoms with Gasteiger partial charge in [0.15, 0.2) is 11.5 Å². The first kappa shape index (κ1) is 24.7. The molecule has 0 aliphatic carbocycles. The average molecular weight is 528 g/mol. The normalized spacial score (nSPS) is 10.7. The van der Waals surface area contributed by atoms with Crippen LogP contribution in [0.5, 0.6) is 0 Å². The van der Waals surface area contributed by atoms with Crippen LogP contribution in [0.15, 0.2) is 89.6 Å². The summed E-state index contributed by atoms with van der Waals surface area (Å²) in [5.74, 6) is 0.583. The van der Waals surface area contributed by atoms with Crippen LogP contribution in [0, 0.1) is 0 Å². The highest BCUT2D eigenvalue weighted by molar-refractivity contribution is 6.34. The van der Waals surface area contributed by atoms with Gasteiger partial charge in [-0.05, 0) is 36.4 Å². The van der Waals surface area contributed by atoms with Gasteiger partial charge in [0.2, 0.25) is 0 Å². The third-order valence-electron chi connectivity index (χ3n) is 5.61. The van der Waals surface area contributed by atoms with E-state index < -0.39 is 11.8 Å². The number of benzene rings is 2. The summed E-state index contributed by atoms with van der Waals surface area (Å²) in [6.45, 7) is 0.143. The fourth-order valence-electron chi connectivity index (χ4n) is 3.72. The monoisotopic (exact) mass is 527 g/mol. The summed E-state index contributed by atoms with van der Waals surface area (Å²) < 4.78 is 6.50. The van der Waals surface area contributed by atoms with Gasteiger partial charge in [0.25, 0.3) is 11.8 Å². The van der Waals surface area contributed by atoms with Crippen LogP contribution in [0.2, 0.25) is 5.02 Å². The van der Waals surface area contributed by atoms with Gasteiger partial charge in [0.05, 0.1) is 34.7 Å². The highest BCUT2D eigenvalue weighted by atomic mass is 35.5. The summed E-state index contributed by atoms with van der Waals surface area (Å²) in [5, 5.41) is 16.9. The van der Waals surface area contributed by atoms with Crippen LogP contribution < -0.4 is 16.0 Å². The standard InChI is InChI=1S/C27H22ClN7O3/c1-29-24-9-5-8-22(32-24)17-10-11-21(28)20(14-17)26(36)33-25-15-23(27(37)30-16-19-12-13-31-38-19)34-35(25)18-6-3-2-4-7-18/h2-15H,16H2,1H3,(H,29,32)(H,30,37)(H,33,36). The predicted octanol–water partition coefficient (Wildman–Crippen LogP) is 4.80. The number of carbonyl (C=O) groups is 2. The average Bonchev–Trinajstić information content (AvgIpc) is 3.63. The molecule has 190 valence electrons. The van der Waals surface area contributed by atoms with Crippen molar-refractivity contribution in [3.8, 4) is 16.9 Å². The number of hydrogen-bond donors (Lipinski definition) is 3. The fourth-order valence-corrected chi connectivity index (χ4v) is 3.92. The number of anilines is 2. The second-order valence-electron chi connectivity index (χ2n) is 8.13. The molecule has 5 aromatic rings. The highest BCUT2D eigenvalue weighted by Crippen LogP contribution is 2.26. The van der Waals surface area contributed by atoms with Crippen molar-refractivity contribution >= 4 is 35.1 Å². The summed E-state index contributed by atoms with van der Waals surface area (Å²) in [6, 6.07) is 23.0. The maximum absolute atomic E-state index is 13.4. The van der Waals surface area contributed by atoms with E-state index in [0.29, 0.717) is 28.8 Å². The number of para-hydroxylation sites is 1. The molecule has 3 heterocycles. The van der Waals surface area contributed by atoms with Gasteiger partial charge in [0.1, 0.15) is 11.6 Å². The lowest BCUT2D eigenvalue weighted by Crippen LogP contribution is -2.23. The minimum absolute atomic E-state index is 0.108. The maximum Gasteiger partial charge on any atom is 0.272 e. The molecule has 0 aliphatic rings. The second-order valence-corrected chi connectivity index (χ2v) is 8.54. The van der Waals surface area contributed by atoms with Crippen molar-refractivity contribution in [2.24, 2.45) is 0 Å². The zero-order valence-electron chi connectivity index (χ0n) is 20.2. The molecule has 5 rings (SSSR count). The largest absolute Gasteiger partial charge is 0.373 e. The molecule has 3 aromatic heterocycles. The molecule has 2 amide bonds. The molecule has 38 heavy (non-hydrogen) atoms. The van der Waals surface area contributed by atoms with E-state index in [-0.39, 0.29) is 22.8 Å². The van der Waals surface area contributed by atoms with E-state index in [4.69, 9.17) is 16.1 Å². The van der Waals surface area contributed by atoms with Gasteiger partial charge in [-0.3, -0.25) is 9.59 Å². The fraction of sp³-hybridized carbons (Fsp3) is 0.0741. The minimum Gasteiger partial charge on any atom is -0.373 e. The summed E-state index contributed by atoms with van der Waals surface area (Å²) in [7, 11) is 1.78. The summed E-state index contributed by atoms with van der Waals surface area (Å²) in [4.78, 5) is 30.7. The maximum atomic E-state index is 13.4. The molecule has 10 nitrogen and oxygen atoms in total. The summed E-state index contributed by atoms with van der Waals surface area (Å²) in [6.07, 6.45) is 1.49. The van der Waals surface area contributed by atoms with Crippen molar-refractivity contribution in [2.75, 3.05) is 17.7 Å². The molecule has 0 radical (unpaired) electrons. The second kappa shape index (κ2) is 11.0. The number of hydrogen-bond acceptors (Lipinski definition) is 7. The Balaban J connectivity index is 1.44. The number of halogens is 1. The lowest BCUT2D eigenvalue weighted by atomic mass is 10.1. The van der Waals surface area contributed by atoms with Crippen LogP contribution in [0.25, 0.3) is 16.9 Å². The first-order valence-corrected chi connectivity index (χ1v) is 12.0. The van der Waals surface area contributed by atoms with E-state index in [1.807, 2.05) is 48.5 Å². The van der Waals surface area contributed by atoms with Gasteiger partial charge in [-0.15, -0.1) is 0 Å². The van der Waals surface area contributed by atoms with Crippen molar-refractivity contribution in [1.29, 1.82) is 0 Å². The molecule has 11 heteroatoms. The molecule has 0 atom stereocenters. The third kappa shape index (κ3) is 5.40. The third-order valence-corrected chi connectivity index (χ3v) is 5.94. The van der Waals surface area contributed by atoms with E-state index in [9.17, 15) is 9.59 Å². The smallest absolute Gasteiger partial charge is 0.272 e. The molecule has 3 N–H and O–H groups in total. The van der Waals surface area contributed by atoms with Crippen LogP contribution in [0.1, 0.15) is 26.6 Å². The van der Waals surface area contributed by atoms with Crippen LogP contribution in [-0.4, -0.2) is 38.8 Å². The number of pyridine rings is 1. The first-order chi connectivity index (χ1) is 18.5. The van der Waals surface area contributed by atoms with Gasteiger partial charge >= 0.3 is 0 Å². The zero-order chi connectivity index (χ0) is 26.5. The van der Waals surface area contributed by atoms with E-state index in [0.717, 1.165) is 5.56 Å². The molecule has 0 spiro atoms. The van der Waals surface area contributed by atoms with Gasteiger partial charge < -0.3 is 20.5 Å². The Labute approximate surface area is 222 Å². The summed E-state index contributed by atoms with van der Waals surface area (Å²) in [5.41, 5.74) is 2.42. The van der Waals surface area contributed by atoms with Gasteiger partial charge in [-0.2, -0.15) is 5.10 Å². The molecule has 0 unspecified atom stereocenters. The molecule has 0 saturated heterocycles. The molecule has 0 fully saturated rings. The van der Waals surface area contributed by atoms with Crippen molar-refractivity contribution in [3.05, 3.63) is 107 Å².